The highest BCUT2D eigenvalue weighted by atomic mass is 32.1. The van der Waals surface area contributed by atoms with Crippen LogP contribution >= 0.6 is 11.3 Å². The monoisotopic (exact) mass is 443 g/mol. The smallest absolute Gasteiger partial charge is 0.244 e. The second-order valence-corrected chi connectivity index (χ2v) is 10.7. The maximum atomic E-state index is 13.0. The van der Waals surface area contributed by atoms with Gasteiger partial charge in [0.25, 0.3) is 0 Å². The van der Waals surface area contributed by atoms with Crippen molar-refractivity contribution in [3.05, 3.63) is 17.8 Å². The SMILES string of the molecule is CC(C(=O)N(C)c1cc2[nH]c(C(=N)C3CCC(C)(C)CC3=N)cc2s1)N1CCOCC1. The molecule has 1 saturated heterocycles. The van der Waals surface area contributed by atoms with Gasteiger partial charge in [-0.15, -0.1) is 11.3 Å². The maximum absolute atomic E-state index is 13.0. The van der Waals surface area contributed by atoms with E-state index in [0.717, 1.165) is 53.3 Å². The Kier molecular flexibility index (Phi) is 6.07. The zero-order chi connectivity index (χ0) is 22.3. The summed E-state index contributed by atoms with van der Waals surface area (Å²) in [5, 5.41) is 18.0. The van der Waals surface area contributed by atoms with Crippen molar-refractivity contribution in [2.45, 2.75) is 46.1 Å². The normalized spacial score (nSPS) is 23.1. The number of aromatic amines is 1. The highest BCUT2D eigenvalue weighted by molar-refractivity contribution is 7.23. The largest absolute Gasteiger partial charge is 0.379 e. The summed E-state index contributed by atoms with van der Waals surface area (Å²) in [6.45, 7) is 9.28. The van der Waals surface area contributed by atoms with E-state index < -0.39 is 0 Å². The lowest BCUT2D eigenvalue weighted by atomic mass is 9.70. The standard InChI is InChI=1S/C23H33N5O2S/c1-14(28-7-9-30-10-8-28)22(29)27(4)20-12-17-19(31-20)11-18(26-17)21(25)15-5-6-23(2,3)13-16(15)24/h11-12,14-15,24-26H,5-10,13H2,1-4H3. The van der Waals surface area contributed by atoms with Crippen LogP contribution in [0.5, 0.6) is 0 Å². The summed E-state index contributed by atoms with van der Waals surface area (Å²) in [5.41, 5.74) is 3.08. The van der Waals surface area contributed by atoms with E-state index in [0.29, 0.717) is 24.6 Å². The van der Waals surface area contributed by atoms with Gasteiger partial charge in [0.2, 0.25) is 5.91 Å². The van der Waals surface area contributed by atoms with Crippen LogP contribution in [0.25, 0.3) is 10.2 Å². The number of nitrogens with one attached hydrogen (secondary N) is 3. The minimum Gasteiger partial charge on any atom is -0.379 e. The van der Waals surface area contributed by atoms with E-state index in [1.54, 1.807) is 16.2 Å². The summed E-state index contributed by atoms with van der Waals surface area (Å²) in [7, 11) is 1.83. The Bertz CT molecular complexity index is 969. The first-order chi connectivity index (χ1) is 14.7. The molecule has 0 spiro atoms. The number of carbonyl (C=O) groups excluding carboxylic acids is 1. The molecule has 3 heterocycles. The molecule has 2 unspecified atom stereocenters. The van der Waals surface area contributed by atoms with Gasteiger partial charge < -0.3 is 25.4 Å². The Balaban J connectivity index is 1.46. The lowest BCUT2D eigenvalue weighted by Gasteiger charge is -2.35. The number of anilines is 1. The number of morpholine rings is 1. The van der Waals surface area contributed by atoms with Crippen LogP contribution in [0.15, 0.2) is 12.1 Å². The lowest BCUT2D eigenvalue weighted by molar-refractivity contribution is -0.124. The van der Waals surface area contributed by atoms with Gasteiger partial charge in [0.1, 0.15) is 5.00 Å². The molecular weight excluding hydrogens is 410 g/mol. The number of ether oxygens (including phenoxy) is 1. The number of rotatable bonds is 5. The van der Waals surface area contributed by atoms with Gasteiger partial charge in [-0.3, -0.25) is 9.69 Å². The zero-order valence-corrected chi connectivity index (χ0v) is 19.7. The topological polar surface area (TPSA) is 96.3 Å². The predicted octanol–water partition coefficient (Wildman–Crippen LogP) is 4.13. The number of H-pyrrole nitrogens is 1. The van der Waals surface area contributed by atoms with Gasteiger partial charge in [-0.2, -0.15) is 0 Å². The Morgan fingerprint density at radius 1 is 1.35 bits per heavy atom. The molecule has 2 aromatic heterocycles. The molecule has 1 amide bonds. The molecule has 168 valence electrons. The molecule has 7 nitrogen and oxygen atoms in total. The van der Waals surface area contributed by atoms with Gasteiger partial charge in [-0.25, -0.2) is 0 Å². The van der Waals surface area contributed by atoms with Crippen molar-refractivity contribution in [2.75, 3.05) is 38.3 Å². The first-order valence-corrected chi connectivity index (χ1v) is 11.9. The predicted molar refractivity (Wildman–Crippen MR) is 127 cm³/mol. The number of hydrogen-bond acceptors (Lipinski definition) is 6. The average molecular weight is 444 g/mol. The molecule has 2 aliphatic rings. The van der Waals surface area contributed by atoms with E-state index >= 15 is 0 Å². The van der Waals surface area contributed by atoms with Crippen LogP contribution in [0.2, 0.25) is 0 Å². The molecule has 31 heavy (non-hydrogen) atoms. The van der Waals surface area contributed by atoms with Crippen LogP contribution in [-0.2, 0) is 9.53 Å². The van der Waals surface area contributed by atoms with E-state index in [4.69, 9.17) is 15.6 Å². The first kappa shape index (κ1) is 22.2. The summed E-state index contributed by atoms with van der Waals surface area (Å²) in [6, 6.07) is 3.82. The Hall–Kier alpha value is -2.03. The van der Waals surface area contributed by atoms with E-state index in [2.05, 4.69) is 23.7 Å². The summed E-state index contributed by atoms with van der Waals surface area (Å²) >= 11 is 1.56. The average Bonchev–Trinajstić information content (AvgIpc) is 3.31. The van der Waals surface area contributed by atoms with Crippen molar-refractivity contribution in [2.24, 2.45) is 11.3 Å². The molecule has 2 aromatic rings. The van der Waals surface area contributed by atoms with E-state index in [1.807, 2.05) is 26.1 Å². The van der Waals surface area contributed by atoms with Gasteiger partial charge in [0.05, 0.1) is 40.9 Å². The number of fused-ring (bicyclic) bond motifs is 1. The fourth-order valence-corrected chi connectivity index (χ4v) is 5.70. The molecule has 4 rings (SSSR count). The van der Waals surface area contributed by atoms with Crippen LogP contribution in [0, 0.1) is 22.2 Å². The van der Waals surface area contributed by atoms with Crippen molar-refractivity contribution < 1.29 is 9.53 Å². The molecule has 0 bridgehead atoms. The molecule has 1 aliphatic heterocycles. The van der Waals surface area contributed by atoms with E-state index in [1.165, 1.54) is 0 Å². The maximum Gasteiger partial charge on any atom is 0.244 e. The van der Waals surface area contributed by atoms with Crippen molar-refractivity contribution in [1.29, 1.82) is 10.8 Å². The molecule has 2 atom stereocenters. The van der Waals surface area contributed by atoms with Crippen LogP contribution in [0.3, 0.4) is 0 Å². The third-order valence-corrected chi connectivity index (χ3v) is 7.90. The number of hydrogen-bond donors (Lipinski definition) is 3. The van der Waals surface area contributed by atoms with Crippen molar-refractivity contribution >= 4 is 43.9 Å². The molecule has 2 fully saturated rings. The Morgan fingerprint density at radius 3 is 2.71 bits per heavy atom. The van der Waals surface area contributed by atoms with Crippen LogP contribution in [0.1, 0.15) is 45.7 Å². The second kappa shape index (κ2) is 8.48. The Labute approximate surface area is 187 Å². The number of likely N-dealkylation sites (N-methyl/N-ethyl adjacent to an activating group) is 1. The molecular formula is C23H33N5O2S. The summed E-state index contributed by atoms with van der Waals surface area (Å²) in [5.74, 6) is -0.0177. The molecule has 0 radical (unpaired) electrons. The summed E-state index contributed by atoms with van der Waals surface area (Å²) in [4.78, 5) is 20.3. The van der Waals surface area contributed by atoms with Gasteiger partial charge in [0.15, 0.2) is 0 Å². The van der Waals surface area contributed by atoms with Gasteiger partial charge in [-0.05, 0) is 43.7 Å². The molecule has 1 aliphatic carbocycles. The summed E-state index contributed by atoms with van der Waals surface area (Å²) in [6.07, 6.45) is 2.66. The highest BCUT2D eigenvalue weighted by Gasteiger charge is 2.34. The third-order valence-electron chi connectivity index (χ3n) is 6.74. The van der Waals surface area contributed by atoms with Gasteiger partial charge >= 0.3 is 0 Å². The fourth-order valence-electron chi connectivity index (χ4n) is 4.67. The quantitative estimate of drug-likeness (QED) is 0.606. The second-order valence-electron chi connectivity index (χ2n) is 9.64. The van der Waals surface area contributed by atoms with E-state index in [-0.39, 0.29) is 23.3 Å². The van der Waals surface area contributed by atoms with Gasteiger partial charge in [-0.1, -0.05) is 13.8 Å². The lowest BCUT2D eigenvalue weighted by Crippen LogP contribution is -2.50. The minimum absolute atomic E-state index is 0.0806. The fraction of sp³-hybridized carbons (Fsp3) is 0.609. The minimum atomic E-state index is -0.181. The number of amides is 1. The van der Waals surface area contributed by atoms with Crippen molar-refractivity contribution in [3.8, 4) is 0 Å². The number of carbonyl (C=O) groups is 1. The first-order valence-electron chi connectivity index (χ1n) is 11.0. The van der Waals surface area contributed by atoms with Crippen LogP contribution < -0.4 is 4.90 Å². The van der Waals surface area contributed by atoms with Crippen molar-refractivity contribution in [3.63, 3.8) is 0 Å². The number of thiophene rings is 1. The number of aromatic nitrogens is 1. The zero-order valence-electron chi connectivity index (χ0n) is 18.9. The van der Waals surface area contributed by atoms with E-state index in [9.17, 15) is 4.79 Å². The molecule has 1 saturated carbocycles. The highest BCUT2D eigenvalue weighted by Crippen LogP contribution is 2.38. The van der Waals surface area contributed by atoms with Crippen molar-refractivity contribution in [1.82, 2.24) is 9.88 Å². The molecule has 0 aromatic carbocycles. The van der Waals surface area contributed by atoms with Crippen LogP contribution in [0.4, 0.5) is 5.00 Å². The summed E-state index contributed by atoms with van der Waals surface area (Å²) < 4.78 is 6.43. The number of nitrogens with zero attached hydrogens (tertiary/aromatic N) is 2. The third kappa shape index (κ3) is 4.47. The molecule has 8 heteroatoms. The Morgan fingerprint density at radius 2 is 2.06 bits per heavy atom. The van der Waals surface area contributed by atoms with Gasteiger partial charge in [0, 0.05) is 31.8 Å². The van der Waals surface area contributed by atoms with Crippen LogP contribution in [-0.4, -0.2) is 66.6 Å². The molecule has 3 N–H and O–H groups in total.